The summed E-state index contributed by atoms with van der Waals surface area (Å²) in [4.78, 5) is 13.3. The highest BCUT2D eigenvalue weighted by atomic mass is 16.4. The van der Waals surface area contributed by atoms with Gasteiger partial charge in [-0.1, -0.05) is 12.1 Å². The average molecular weight is 217 g/mol. The summed E-state index contributed by atoms with van der Waals surface area (Å²) in [5.41, 5.74) is 2.02. The summed E-state index contributed by atoms with van der Waals surface area (Å²) < 4.78 is 0. The third-order valence-corrected chi connectivity index (χ3v) is 4.08. The number of aromatic carboxylic acids is 1. The van der Waals surface area contributed by atoms with Crippen LogP contribution in [0.15, 0.2) is 24.3 Å². The topological polar surface area (TPSA) is 40.5 Å². The molecule has 1 aromatic rings. The fourth-order valence-corrected chi connectivity index (χ4v) is 3.07. The standard InChI is InChI=1S/C13H15NO2/c15-12(16)10-1-3-11(4-2-10)13-5-7-14(9-13)8-6-13/h1-4H,5-9H2,(H,15,16). The van der Waals surface area contributed by atoms with Gasteiger partial charge < -0.3 is 10.0 Å². The van der Waals surface area contributed by atoms with Crippen molar-refractivity contribution in [2.75, 3.05) is 19.6 Å². The minimum Gasteiger partial charge on any atom is -0.478 e. The number of hydrogen-bond donors (Lipinski definition) is 1. The first-order valence-corrected chi connectivity index (χ1v) is 5.76. The van der Waals surface area contributed by atoms with Gasteiger partial charge in [-0.25, -0.2) is 4.79 Å². The monoisotopic (exact) mass is 217 g/mol. The Morgan fingerprint density at radius 2 is 1.81 bits per heavy atom. The number of carbonyl (C=O) groups is 1. The first-order chi connectivity index (χ1) is 7.70. The fourth-order valence-electron chi connectivity index (χ4n) is 3.07. The molecular formula is C13H15NO2. The van der Waals surface area contributed by atoms with Crippen molar-refractivity contribution in [3.05, 3.63) is 35.4 Å². The van der Waals surface area contributed by atoms with Gasteiger partial charge in [0.25, 0.3) is 0 Å². The zero-order chi connectivity index (χ0) is 11.2. The molecule has 2 aliphatic heterocycles. The van der Waals surface area contributed by atoms with E-state index in [1.807, 2.05) is 12.1 Å². The number of carboxylic acids is 1. The van der Waals surface area contributed by atoms with Crippen LogP contribution in [0, 0.1) is 0 Å². The molecule has 3 nitrogen and oxygen atoms in total. The normalized spacial score (nSPS) is 31.9. The Kier molecular flexibility index (Phi) is 2.04. The van der Waals surface area contributed by atoms with Crippen LogP contribution in [0.5, 0.6) is 0 Å². The maximum Gasteiger partial charge on any atom is 0.335 e. The molecular weight excluding hydrogens is 202 g/mol. The van der Waals surface area contributed by atoms with Gasteiger partial charge in [0.1, 0.15) is 0 Å². The van der Waals surface area contributed by atoms with E-state index in [1.165, 1.54) is 31.5 Å². The largest absolute Gasteiger partial charge is 0.478 e. The number of piperidine rings is 1. The summed E-state index contributed by atoms with van der Waals surface area (Å²) in [7, 11) is 0. The zero-order valence-electron chi connectivity index (χ0n) is 9.15. The van der Waals surface area contributed by atoms with Gasteiger partial charge in [-0.05, 0) is 43.6 Å². The maximum absolute atomic E-state index is 10.8. The molecule has 0 radical (unpaired) electrons. The second kappa shape index (κ2) is 3.32. The number of rotatable bonds is 2. The molecule has 2 heterocycles. The number of nitrogens with zero attached hydrogens (tertiary/aromatic N) is 1. The highest BCUT2D eigenvalue weighted by Crippen LogP contribution is 2.42. The van der Waals surface area contributed by atoms with Gasteiger partial charge in [-0.15, -0.1) is 0 Å². The van der Waals surface area contributed by atoms with Crippen LogP contribution >= 0.6 is 0 Å². The highest BCUT2D eigenvalue weighted by Gasteiger charge is 2.44. The fraction of sp³-hybridized carbons (Fsp3) is 0.462. The van der Waals surface area contributed by atoms with E-state index in [1.54, 1.807) is 12.1 Å². The van der Waals surface area contributed by atoms with Crippen LogP contribution in [0.1, 0.15) is 28.8 Å². The van der Waals surface area contributed by atoms with E-state index in [-0.39, 0.29) is 0 Å². The van der Waals surface area contributed by atoms with Crippen LogP contribution in [-0.2, 0) is 5.41 Å². The molecule has 3 heteroatoms. The summed E-state index contributed by atoms with van der Waals surface area (Å²) >= 11 is 0. The second-order valence-electron chi connectivity index (χ2n) is 4.94. The molecule has 3 rings (SSSR count). The molecule has 84 valence electrons. The van der Waals surface area contributed by atoms with E-state index in [2.05, 4.69) is 4.90 Å². The lowest BCUT2D eigenvalue weighted by molar-refractivity contribution is 0.0697. The number of fused-ring (bicyclic) bond motifs is 2. The summed E-state index contributed by atoms with van der Waals surface area (Å²) in [6, 6.07) is 7.46. The molecule has 0 saturated carbocycles. The van der Waals surface area contributed by atoms with E-state index in [9.17, 15) is 4.79 Å². The van der Waals surface area contributed by atoms with Crippen LogP contribution in [0.3, 0.4) is 0 Å². The predicted octanol–water partition coefficient (Wildman–Crippen LogP) is 1.73. The number of benzene rings is 1. The van der Waals surface area contributed by atoms with Crippen molar-refractivity contribution in [3.8, 4) is 0 Å². The van der Waals surface area contributed by atoms with Crippen LogP contribution in [0.4, 0.5) is 0 Å². The van der Waals surface area contributed by atoms with Crippen LogP contribution in [0.25, 0.3) is 0 Å². The van der Waals surface area contributed by atoms with E-state index in [4.69, 9.17) is 5.11 Å². The highest BCUT2D eigenvalue weighted by molar-refractivity contribution is 5.87. The van der Waals surface area contributed by atoms with Crippen molar-refractivity contribution >= 4 is 5.97 Å². The van der Waals surface area contributed by atoms with E-state index in [0.717, 1.165) is 6.54 Å². The molecule has 2 fully saturated rings. The quantitative estimate of drug-likeness (QED) is 0.820. The van der Waals surface area contributed by atoms with Gasteiger partial charge in [-0.2, -0.15) is 0 Å². The molecule has 0 aliphatic carbocycles. The summed E-state index contributed by atoms with van der Waals surface area (Å²) in [5.74, 6) is -0.844. The van der Waals surface area contributed by atoms with Crippen LogP contribution in [0.2, 0.25) is 0 Å². The van der Waals surface area contributed by atoms with Crippen molar-refractivity contribution in [2.24, 2.45) is 0 Å². The van der Waals surface area contributed by atoms with Crippen molar-refractivity contribution in [3.63, 3.8) is 0 Å². The Morgan fingerprint density at radius 1 is 1.19 bits per heavy atom. The molecule has 1 aromatic carbocycles. The Balaban J connectivity index is 1.92. The average Bonchev–Trinajstić information content (AvgIpc) is 2.90. The molecule has 2 saturated heterocycles. The molecule has 1 N–H and O–H groups in total. The van der Waals surface area contributed by atoms with Gasteiger partial charge >= 0.3 is 5.97 Å². The third-order valence-electron chi connectivity index (χ3n) is 4.08. The summed E-state index contributed by atoms with van der Waals surface area (Å²) in [6.45, 7) is 3.54. The van der Waals surface area contributed by atoms with Crippen molar-refractivity contribution < 1.29 is 9.90 Å². The van der Waals surface area contributed by atoms with Crippen LogP contribution < -0.4 is 0 Å². The lowest BCUT2D eigenvalue weighted by Crippen LogP contribution is -2.24. The number of hydrogen-bond acceptors (Lipinski definition) is 2. The van der Waals surface area contributed by atoms with Gasteiger partial charge in [0.15, 0.2) is 0 Å². The minimum absolute atomic E-state index is 0.317. The van der Waals surface area contributed by atoms with Crippen molar-refractivity contribution in [2.45, 2.75) is 18.3 Å². The second-order valence-corrected chi connectivity index (χ2v) is 4.94. The SMILES string of the molecule is O=C(O)c1ccc(C23CCN(CC2)C3)cc1. The maximum atomic E-state index is 10.8. The Bertz CT molecular complexity index is 416. The molecule has 2 bridgehead atoms. The third kappa shape index (κ3) is 1.35. The van der Waals surface area contributed by atoms with Gasteiger partial charge in [0, 0.05) is 12.0 Å². The Hall–Kier alpha value is -1.35. The van der Waals surface area contributed by atoms with E-state index < -0.39 is 5.97 Å². The molecule has 0 amide bonds. The molecule has 0 unspecified atom stereocenters. The van der Waals surface area contributed by atoms with Gasteiger partial charge in [-0.3, -0.25) is 0 Å². The van der Waals surface area contributed by atoms with E-state index in [0.29, 0.717) is 11.0 Å². The van der Waals surface area contributed by atoms with Gasteiger partial charge in [0.2, 0.25) is 0 Å². The predicted molar refractivity (Wildman–Crippen MR) is 60.8 cm³/mol. The van der Waals surface area contributed by atoms with Gasteiger partial charge in [0.05, 0.1) is 5.56 Å². The molecule has 0 aromatic heterocycles. The zero-order valence-corrected chi connectivity index (χ0v) is 9.15. The van der Waals surface area contributed by atoms with Crippen LogP contribution in [-0.4, -0.2) is 35.6 Å². The van der Waals surface area contributed by atoms with Crippen molar-refractivity contribution in [1.82, 2.24) is 4.90 Å². The first kappa shape index (κ1) is 9.85. The first-order valence-electron chi connectivity index (χ1n) is 5.76. The lowest BCUT2D eigenvalue weighted by Gasteiger charge is -2.25. The summed E-state index contributed by atoms with van der Waals surface area (Å²) in [5, 5.41) is 8.86. The van der Waals surface area contributed by atoms with Crippen molar-refractivity contribution in [1.29, 1.82) is 0 Å². The molecule has 2 aliphatic rings. The summed E-state index contributed by atoms with van der Waals surface area (Å²) in [6.07, 6.45) is 2.44. The lowest BCUT2D eigenvalue weighted by atomic mass is 9.78. The molecule has 16 heavy (non-hydrogen) atoms. The smallest absolute Gasteiger partial charge is 0.335 e. The number of carboxylic acid groups (broad SMARTS) is 1. The molecule has 0 spiro atoms. The molecule has 0 atom stereocenters. The van der Waals surface area contributed by atoms with E-state index >= 15 is 0 Å². The Labute approximate surface area is 94.7 Å². The Morgan fingerprint density at radius 3 is 2.25 bits per heavy atom. The minimum atomic E-state index is -0.844.